The average molecular weight is 394 g/mol. The van der Waals surface area contributed by atoms with E-state index in [9.17, 15) is 0 Å². The number of nitrogens with one attached hydrogen (secondary N) is 2. The molecular weight excluding hydrogens is 362 g/mol. The van der Waals surface area contributed by atoms with Gasteiger partial charge >= 0.3 is 0 Å². The highest BCUT2D eigenvalue weighted by molar-refractivity contribution is 5.82. The van der Waals surface area contributed by atoms with Crippen LogP contribution in [0.4, 0.5) is 0 Å². The van der Waals surface area contributed by atoms with Gasteiger partial charge in [-0.15, -0.1) is 0 Å². The Morgan fingerprint density at radius 1 is 1.10 bits per heavy atom. The lowest BCUT2D eigenvalue weighted by atomic mass is 9.99. The second-order valence-corrected chi connectivity index (χ2v) is 7.10. The fourth-order valence-electron chi connectivity index (χ4n) is 3.49. The molecule has 0 saturated carbocycles. The SMILES string of the molecule is CCNC(=NCc1cc(C(CC)CC)no1)NCCc1cccc2cccnc12. The molecule has 0 radical (unpaired) electrons. The molecule has 0 amide bonds. The number of nitrogens with zero attached hydrogens (tertiary/aromatic N) is 3. The Balaban J connectivity index is 1.59. The molecule has 2 heterocycles. The van der Waals surface area contributed by atoms with Gasteiger partial charge in [-0.05, 0) is 37.8 Å². The maximum atomic E-state index is 5.48. The number of fused-ring (bicyclic) bond motifs is 1. The highest BCUT2D eigenvalue weighted by Gasteiger charge is 2.12. The molecule has 29 heavy (non-hydrogen) atoms. The molecule has 0 bridgehead atoms. The topological polar surface area (TPSA) is 75.3 Å². The number of aliphatic imine (C=N–C) groups is 1. The van der Waals surface area contributed by atoms with E-state index in [2.05, 4.69) is 70.8 Å². The maximum absolute atomic E-state index is 5.48. The van der Waals surface area contributed by atoms with Gasteiger partial charge < -0.3 is 15.2 Å². The summed E-state index contributed by atoms with van der Waals surface area (Å²) in [5.74, 6) is 2.03. The number of hydrogen-bond acceptors (Lipinski definition) is 4. The highest BCUT2D eigenvalue weighted by Crippen LogP contribution is 2.22. The summed E-state index contributed by atoms with van der Waals surface area (Å²) in [5.41, 5.74) is 3.33. The lowest BCUT2D eigenvalue weighted by Gasteiger charge is -2.11. The second-order valence-electron chi connectivity index (χ2n) is 7.10. The van der Waals surface area contributed by atoms with Crippen molar-refractivity contribution in [2.24, 2.45) is 4.99 Å². The van der Waals surface area contributed by atoms with Gasteiger partial charge in [0.2, 0.25) is 0 Å². The third-order valence-corrected chi connectivity index (χ3v) is 5.12. The van der Waals surface area contributed by atoms with Crippen molar-refractivity contribution in [3.8, 4) is 0 Å². The fraction of sp³-hybridized carbons (Fsp3) is 0.435. The van der Waals surface area contributed by atoms with E-state index in [1.807, 2.05) is 18.3 Å². The van der Waals surface area contributed by atoms with E-state index in [1.165, 1.54) is 10.9 Å². The number of aromatic nitrogens is 2. The normalized spacial score (nSPS) is 11.9. The van der Waals surface area contributed by atoms with Crippen LogP contribution in [0.5, 0.6) is 0 Å². The smallest absolute Gasteiger partial charge is 0.191 e. The Hall–Kier alpha value is -2.89. The molecule has 3 rings (SSSR count). The van der Waals surface area contributed by atoms with Gasteiger partial charge in [0, 0.05) is 36.7 Å². The molecule has 3 aromatic rings. The van der Waals surface area contributed by atoms with Gasteiger partial charge in [0.15, 0.2) is 11.7 Å². The molecule has 0 aliphatic heterocycles. The molecule has 154 valence electrons. The van der Waals surface area contributed by atoms with E-state index in [1.54, 1.807) is 0 Å². The lowest BCUT2D eigenvalue weighted by molar-refractivity contribution is 0.372. The van der Waals surface area contributed by atoms with Crippen LogP contribution in [0.2, 0.25) is 0 Å². The second kappa shape index (κ2) is 10.6. The third-order valence-electron chi connectivity index (χ3n) is 5.12. The first kappa shape index (κ1) is 20.8. The van der Waals surface area contributed by atoms with Crippen molar-refractivity contribution >= 4 is 16.9 Å². The Labute approximate surface area is 172 Å². The largest absolute Gasteiger partial charge is 0.359 e. The quantitative estimate of drug-likeness (QED) is 0.416. The number of hydrogen-bond donors (Lipinski definition) is 2. The van der Waals surface area contributed by atoms with Crippen LogP contribution in [0, 0.1) is 0 Å². The standard InChI is InChI=1S/C23H31N5O/c1-4-17(5-2)21-15-20(29-28-21)16-27-23(24-6-3)26-14-12-19-10-7-9-18-11-8-13-25-22(18)19/h7-11,13,15,17H,4-6,12,14,16H2,1-3H3,(H2,24,26,27). The van der Waals surface area contributed by atoms with Crippen LogP contribution in [0.15, 0.2) is 52.1 Å². The fourth-order valence-corrected chi connectivity index (χ4v) is 3.49. The van der Waals surface area contributed by atoms with Crippen LogP contribution in [-0.2, 0) is 13.0 Å². The summed E-state index contributed by atoms with van der Waals surface area (Å²) < 4.78 is 5.48. The number of pyridine rings is 1. The number of rotatable bonds is 9. The molecule has 2 aromatic heterocycles. The van der Waals surface area contributed by atoms with Crippen molar-refractivity contribution in [3.05, 3.63) is 59.6 Å². The summed E-state index contributed by atoms with van der Waals surface area (Å²) in [7, 11) is 0. The van der Waals surface area contributed by atoms with E-state index in [-0.39, 0.29) is 0 Å². The summed E-state index contributed by atoms with van der Waals surface area (Å²) in [6, 6.07) is 12.4. The Morgan fingerprint density at radius 3 is 2.72 bits per heavy atom. The minimum Gasteiger partial charge on any atom is -0.359 e. The zero-order valence-corrected chi connectivity index (χ0v) is 17.6. The zero-order chi connectivity index (χ0) is 20.5. The monoisotopic (exact) mass is 393 g/mol. The first-order chi connectivity index (χ1) is 14.2. The number of para-hydroxylation sites is 1. The van der Waals surface area contributed by atoms with E-state index >= 15 is 0 Å². The van der Waals surface area contributed by atoms with Crippen molar-refractivity contribution in [3.63, 3.8) is 0 Å². The molecule has 2 N–H and O–H groups in total. The molecule has 0 unspecified atom stereocenters. The summed E-state index contributed by atoms with van der Waals surface area (Å²) in [6.45, 7) is 8.47. The predicted molar refractivity (Wildman–Crippen MR) is 118 cm³/mol. The van der Waals surface area contributed by atoms with Crippen LogP contribution in [0.3, 0.4) is 0 Å². The van der Waals surface area contributed by atoms with Crippen LogP contribution in [-0.4, -0.2) is 29.2 Å². The van der Waals surface area contributed by atoms with E-state index in [0.717, 1.165) is 55.3 Å². The molecular formula is C23H31N5O. The van der Waals surface area contributed by atoms with Crippen molar-refractivity contribution in [2.45, 2.75) is 52.5 Å². The third kappa shape index (κ3) is 5.56. The van der Waals surface area contributed by atoms with Crippen molar-refractivity contribution in [2.75, 3.05) is 13.1 Å². The molecule has 6 nitrogen and oxygen atoms in total. The highest BCUT2D eigenvalue weighted by atomic mass is 16.5. The van der Waals surface area contributed by atoms with Crippen molar-refractivity contribution in [1.29, 1.82) is 0 Å². The maximum Gasteiger partial charge on any atom is 0.191 e. The van der Waals surface area contributed by atoms with Gasteiger partial charge in [-0.1, -0.05) is 43.3 Å². The van der Waals surface area contributed by atoms with E-state index < -0.39 is 0 Å². The molecule has 0 atom stereocenters. The number of benzene rings is 1. The van der Waals surface area contributed by atoms with E-state index in [4.69, 9.17) is 4.52 Å². The minimum absolute atomic E-state index is 0.456. The Morgan fingerprint density at radius 2 is 1.93 bits per heavy atom. The molecule has 0 saturated heterocycles. The van der Waals surface area contributed by atoms with Gasteiger partial charge in [-0.3, -0.25) is 4.98 Å². The summed E-state index contributed by atoms with van der Waals surface area (Å²) in [4.78, 5) is 9.18. The Bertz CT molecular complexity index is 924. The summed E-state index contributed by atoms with van der Waals surface area (Å²) in [5, 5.41) is 12.1. The average Bonchev–Trinajstić information content (AvgIpc) is 3.22. The molecule has 0 aliphatic carbocycles. The van der Waals surface area contributed by atoms with Gasteiger partial charge in [-0.25, -0.2) is 4.99 Å². The Kier molecular flexibility index (Phi) is 7.61. The predicted octanol–water partition coefficient (Wildman–Crippen LogP) is 4.42. The van der Waals surface area contributed by atoms with Crippen molar-refractivity contribution < 1.29 is 4.52 Å². The van der Waals surface area contributed by atoms with Crippen LogP contribution >= 0.6 is 0 Å². The summed E-state index contributed by atoms with van der Waals surface area (Å²) >= 11 is 0. The molecule has 6 heteroatoms. The van der Waals surface area contributed by atoms with Crippen molar-refractivity contribution in [1.82, 2.24) is 20.8 Å². The molecule has 0 fully saturated rings. The number of guanidine groups is 1. The van der Waals surface area contributed by atoms with Gasteiger partial charge in [0.05, 0.1) is 11.2 Å². The van der Waals surface area contributed by atoms with Crippen LogP contribution in [0.1, 0.15) is 56.5 Å². The molecule has 0 aliphatic rings. The zero-order valence-electron chi connectivity index (χ0n) is 17.6. The van der Waals surface area contributed by atoms with Gasteiger partial charge in [0.1, 0.15) is 6.54 Å². The molecule has 1 aromatic carbocycles. The lowest BCUT2D eigenvalue weighted by Crippen LogP contribution is -2.38. The first-order valence-electron chi connectivity index (χ1n) is 10.5. The molecule has 0 spiro atoms. The first-order valence-corrected chi connectivity index (χ1v) is 10.5. The summed E-state index contributed by atoms with van der Waals surface area (Å²) in [6.07, 6.45) is 4.86. The van der Waals surface area contributed by atoms with Crippen LogP contribution < -0.4 is 10.6 Å². The van der Waals surface area contributed by atoms with E-state index in [0.29, 0.717) is 12.5 Å². The minimum atomic E-state index is 0.456. The van der Waals surface area contributed by atoms with Crippen LogP contribution in [0.25, 0.3) is 10.9 Å². The van der Waals surface area contributed by atoms with Gasteiger partial charge in [0.25, 0.3) is 0 Å². The van der Waals surface area contributed by atoms with Gasteiger partial charge in [-0.2, -0.15) is 0 Å².